The maximum atomic E-state index is 12.6. The van der Waals surface area contributed by atoms with Crippen LogP contribution in [0.1, 0.15) is 24.0 Å². The van der Waals surface area contributed by atoms with E-state index in [0.29, 0.717) is 5.56 Å². The number of carbonyl (C=O) groups is 2. The Kier molecular flexibility index (Phi) is 6.09. The van der Waals surface area contributed by atoms with Crippen LogP contribution >= 0.6 is 0 Å². The van der Waals surface area contributed by atoms with Crippen molar-refractivity contribution in [3.8, 4) is 0 Å². The first-order chi connectivity index (χ1) is 11.8. The summed E-state index contributed by atoms with van der Waals surface area (Å²) >= 11 is 0. The molecule has 5 nitrogen and oxygen atoms in total. The largest absolute Gasteiger partial charge is 0.465 e. The van der Waals surface area contributed by atoms with Crippen molar-refractivity contribution in [1.82, 2.24) is 0 Å². The zero-order valence-electron chi connectivity index (χ0n) is 14.1. The van der Waals surface area contributed by atoms with Gasteiger partial charge in [0.05, 0.1) is 11.5 Å². The van der Waals surface area contributed by atoms with Crippen LogP contribution in [0.4, 0.5) is 0 Å². The van der Waals surface area contributed by atoms with Gasteiger partial charge >= 0.3 is 5.97 Å². The third-order valence-corrected chi connectivity index (χ3v) is 5.34. The van der Waals surface area contributed by atoms with E-state index in [-0.39, 0.29) is 11.5 Å². The molecular weight excluding hydrogens is 340 g/mol. The van der Waals surface area contributed by atoms with E-state index in [2.05, 4.69) is 0 Å². The van der Waals surface area contributed by atoms with E-state index in [0.717, 1.165) is 5.56 Å². The highest BCUT2D eigenvalue weighted by molar-refractivity contribution is 7.92. The molecule has 25 heavy (non-hydrogen) atoms. The summed E-state index contributed by atoms with van der Waals surface area (Å²) in [5, 5.41) is 0. The Balaban J connectivity index is 2.30. The Morgan fingerprint density at radius 2 is 1.60 bits per heavy atom. The summed E-state index contributed by atoms with van der Waals surface area (Å²) in [5.74, 6) is -3.45. The number of sulfone groups is 1. The van der Waals surface area contributed by atoms with Crippen molar-refractivity contribution in [2.75, 3.05) is 12.4 Å². The molecule has 2 aromatic carbocycles. The van der Waals surface area contributed by atoms with E-state index >= 15 is 0 Å². The highest BCUT2D eigenvalue weighted by Gasteiger charge is 2.33. The molecule has 0 radical (unpaired) electrons. The van der Waals surface area contributed by atoms with Crippen LogP contribution in [-0.4, -0.2) is 32.5 Å². The lowest BCUT2D eigenvalue weighted by atomic mass is 9.95. The molecule has 0 saturated heterocycles. The van der Waals surface area contributed by atoms with Crippen molar-refractivity contribution in [3.63, 3.8) is 0 Å². The normalized spacial score (nSPS) is 12.4. The Morgan fingerprint density at radius 1 is 1.00 bits per heavy atom. The zero-order valence-corrected chi connectivity index (χ0v) is 15.0. The van der Waals surface area contributed by atoms with E-state index in [4.69, 9.17) is 4.74 Å². The summed E-state index contributed by atoms with van der Waals surface area (Å²) in [6.07, 6.45) is 0. The second-order valence-electron chi connectivity index (χ2n) is 5.63. The number of esters is 1. The molecular formula is C19H20O5S. The standard InChI is InChI=1S/C19H20O5S/c1-3-24-19(21)18(15-7-5-4-6-8-15)17(20)13-25(22,23)16-11-9-14(2)10-12-16/h4-12,18H,3,13H2,1-2H3. The minimum atomic E-state index is -3.84. The first kappa shape index (κ1) is 18.9. The molecule has 0 aliphatic rings. The van der Waals surface area contributed by atoms with Crippen molar-refractivity contribution in [2.24, 2.45) is 0 Å². The first-order valence-corrected chi connectivity index (χ1v) is 9.54. The summed E-state index contributed by atoms with van der Waals surface area (Å²) in [5.41, 5.74) is 1.34. The van der Waals surface area contributed by atoms with E-state index < -0.39 is 33.3 Å². The lowest BCUT2D eigenvalue weighted by Gasteiger charge is -2.15. The predicted molar refractivity (Wildman–Crippen MR) is 94.1 cm³/mol. The third kappa shape index (κ3) is 4.76. The molecule has 0 spiro atoms. The van der Waals surface area contributed by atoms with Crippen LogP contribution in [0.25, 0.3) is 0 Å². The lowest BCUT2D eigenvalue weighted by Crippen LogP contribution is -2.29. The quantitative estimate of drug-likeness (QED) is 0.560. The van der Waals surface area contributed by atoms with Gasteiger partial charge in [0.25, 0.3) is 0 Å². The Bertz CT molecular complexity index is 839. The summed E-state index contributed by atoms with van der Waals surface area (Å²) in [6, 6.07) is 14.6. The molecule has 0 saturated carbocycles. The van der Waals surface area contributed by atoms with Gasteiger partial charge in [0.1, 0.15) is 11.7 Å². The second-order valence-corrected chi connectivity index (χ2v) is 7.62. The molecule has 0 heterocycles. The molecule has 0 fully saturated rings. The van der Waals surface area contributed by atoms with E-state index in [1.165, 1.54) is 12.1 Å². The summed E-state index contributed by atoms with van der Waals surface area (Å²) < 4.78 is 30.0. The van der Waals surface area contributed by atoms with Gasteiger partial charge in [-0.3, -0.25) is 9.59 Å². The fourth-order valence-corrected chi connectivity index (χ4v) is 3.68. The van der Waals surface area contributed by atoms with Crippen LogP contribution in [0.3, 0.4) is 0 Å². The monoisotopic (exact) mass is 360 g/mol. The zero-order chi connectivity index (χ0) is 18.4. The molecule has 0 amide bonds. The van der Waals surface area contributed by atoms with Crippen molar-refractivity contribution in [3.05, 3.63) is 65.7 Å². The van der Waals surface area contributed by atoms with Crippen LogP contribution in [0, 0.1) is 6.92 Å². The summed E-state index contributed by atoms with van der Waals surface area (Å²) in [4.78, 5) is 24.9. The highest BCUT2D eigenvalue weighted by atomic mass is 32.2. The minimum Gasteiger partial charge on any atom is -0.465 e. The number of rotatable bonds is 7. The van der Waals surface area contributed by atoms with Gasteiger partial charge in [0.2, 0.25) is 0 Å². The first-order valence-electron chi connectivity index (χ1n) is 7.89. The SMILES string of the molecule is CCOC(=O)C(C(=O)CS(=O)(=O)c1ccc(C)cc1)c1ccccc1. The number of Topliss-reactive ketones (excluding diaryl/α,β-unsaturated/α-hetero) is 1. The van der Waals surface area contributed by atoms with Gasteiger partial charge in [-0.15, -0.1) is 0 Å². The molecule has 1 atom stereocenters. The Morgan fingerprint density at radius 3 is 2.16 bits per heavy atom. The number of ether oxygens (including phenoxy) is 1. The molecule has 6 heteroatoms. The number of benzene rings is 2. The van der Waals surface area contributed by atoms with Gasteiger partial charge in [-0.2, -0.15) is 0 Å². The number of ketones is 1. The third-order valence-electron chi connectivity index (χ3n) is 3.69. The van der Waals surface area contributed by atoms with E-state index in [9.17, 15) is 18.0 Å². The van der Waals surface area contributed by atoms with Crippen molar-refractivity contribution in [1.29, 1.82) is 0 Å². The topological polar surface area (TPSA) is 77.5 Å². The van der Waals surface area contributed by atoms with E-state index in [1.54, 1.807) is 49.4 Å². The van der Waals surface area contributed by atoms with Crippen LogP contribution in [0.2, 0.25) is 0 Å². The van der Waals surface area contributed by atoms with Gasteiger partial charge in [-0.05, 0) is 31.5 Å². The average Bonchev–Trinajstić information content (AvgIpc) is 2.56. The number of hydrogen-bond donors (Lipinski definition) is 0. The van der Waals surface area contributed by atoms with Gasteiger partial charge in [-0.1, -0.05) is 48.0 Å². The minimum absolute atomic E-state index is 0.0575. The fourth-order valence-electron chi connectivity index (χ4n) is 2.42. The predicted octanol–water partition coefficient (Wildman–Crippen LogP) is 2.68. The van der Waals surface area contributed by atoms with Crippen LogP contribution in [-0.2, 0) is 24.2 Å². The molecule has 2 aromatic rings. The smallest absolute Gasteiger partial charge is 0.321 e. The number of aryl methyl sites for hydroxylation is 1. The molecule has 132 valence electrons. The fraction of sp³-hybridized carbons (Fsp3) is 0.263. The van der Waals surface area contributed by atoms with Gasteiger partial charge < -0.3 is 4.74 Å². The summed E-state index contributed by atoms with van der Waals surface area (Å²) in [7, 11) is -3.84. The maximum Gasteiger partial charge on any atom is 0.321 e. The molecule has 0 aromatic heterocycles. The average molecular weight is 360 g/mol. The molecule has 0 aliphatic carbocycles. The van der Waals surface area contributed by atoms with Gasteiger partial charge in [0, 0.05) is 0 Å². The Hall–Kier alpha value is -2.47. The Labute approximate surface area is 147 Å². The van der Waals surface area contributed by atoms with E-state index in [1.807, 2.05) is 6.92 Å². The lowest BCUT2D eigenvalue weighted by molar-refractivity contribution is -0.147. The maximum absolute atomic E-state index is 12.6. The van der Waals surface area contributed by atoms with Gasteiger partial charge in [0.15, 0.2) is 15.6 Å². The highest BCUT2D eigenvalue weighted by Crippen LogP contribution is 2.21. The van der Waals surface area contributed by atoms with Crippen LogP contribution in [0.5, 0.6) is 0 Å². The van der Waals surface area contributed by atoms with Crippen molar-refractivity contribution >= 4 is 21.6 Å². The second kappa shape index (κ2) is 8.07. The van der Waals surface area contributed by atoms with Crippen LogP contribution in [0.15, 0.2) is 59.5 Å². The molecule has 1 unspecified atom stereocenters. The molecule has 2 rings (SSSR count). The number of hydrogen-bond acceptors (Lipinski definition) is 5. The molecule has 0 N–H and O–H groups in total. The van der Waals surface area contributed by atoms with Crippen molar-refractivity contribution in [2.45, 2.75) is 24.7 Å². The van der Waals surface area contributed by atoms with Crippen LogP contribution < -0.4 is 0 Å². The van der Waals surface area contributed by atoms with Crippen molar-refractivity contribution < 1.29 is 22.7 Å². The summed E-state index contributed by atoms with van der Waals surface area (Å²) in [6.45, 7) is 3.58. The molecule has 0 bridgehead atoms. The number of carbonyl (C=O) groups excluding carboxylic acids is 2. The van der Waals surface area contributed by atoms with Gasteiger partial charge in [-0.25, -0.2) is 8.42 Å². The molecule has 0 aliphatic heterocycles.